The molecule has 1 fully saturated rings. The second-order valence-corrected chi connectivity index (χ2v) is 7.56. The largest absolute Gasteiger partial charge is 0.494 e. The molecule has 1 heterocycles. The Kier molecular flexibility index (Phi) is 8.78. The van der Waals surface area contributed by atoms with E-state index in [1.54, 1.807) is 21.9 Å². The number of carbonyl (C=O) groups excluding carboxylic acids is 2. The molecule has 0 aliphatic carbocycles. The maximum Gasteiger partial charge on any atom is 0.260 e. The Hall–Kier alpha value is -3.22. The molecule has 0 saturated carbocycles. The number of hydrogen-bond acceptors (Lipinski definition) is 5. The van der Waals surface area contributed by atoms with Crippen molar-refractivity contribution in [3.63, 3.8) is 0 Å². The number of hydrogen-bond donors (Lipinski definition) is 0. The first-order valence-electron chi connectivity index (χ1n) is 11.2. The van der Waals surface area contributed by atoms with E-state index in [0.717, 1.165) is 29.9 Å². The van der Waals surface area contributed by atoms with Gasteiger partial charge in [0.1, 0.15) is 17.2 Å². The Morgan fingerprint density at radius 2 is 1.31 bits per heavy atom. The van der Waals surface area contributed by atoms with Crippen LogP contribution in [0.4, 0.5) is 0 Å². The maximum absolute atomic E-state index is 12.6. The predicted molar refractivity (Wildman–Crippen MR) is 122 cm³/mol. The summed E-state index contributed by atoms with van der Waals surface area (Å²) in [5, 5.41) is 0. The summed E-state index contributed by atoms with van der Waals surface area (Å²) in [6.07, 6.45) is 1.58. The fraction of sp³-hybridized carbons (Fsp3) is 0.440. The van der Waals surface area contributed by atoms with Crippen molar-refractivity contribution >= 4 is 11.8 Å². The SMILES string of the molecule is CCOc1ccc(OCC(=O)N2CCCN(C(=O)COc3ccccc3CC)CC2)cc1. The highest BCUT2D eigenvalue weighted by Crippen LogP contribution is 2.19. The lowest BCUT2D eigenvalue weighted by Gasteiger charge is -2.22. The number of para-hydroxylation sites is 1. The standard InChI is InChI=1S/C25H32N2O5/c1-3-20-8-5-6-9-23(20)32-19-25(29)27-15-7-14-26(16-17-27)24(28)18-31-22-12-10-21(11-13-22)30-4-2/h5-6,8-13H,3-4,7,14-19H2,1-2H3. The summed E-state index contributed by atoms with van der Waals surface area (Å²) in [5.74, 6) is 2.00. The minimum atomic E-state index is -0.0821. The first-order valence-corrected chi connectivity index (χ1v) is 11.2. The number of amides is 2. The van der Waals surface area contributed by atoms with Gasteiger partial charge in [0.15, 0.2) is 13.2 Å². The molecule has 32 heavy (non-hydrogen) atoms. The van der Waals surface area contributed by atoms with Crippen molar-refractivity contribution in [1.29, 1.82) is 0 Å². The number of aryl methyl sites for hydroxylation is 1. The molecule has 0 N–H and O–H groups in total. The van der Waals surface area contributed by atoms with Gasteiger partial charge in [-0.15, -0.1) is 0 Å². The molecule has 7 nitrogen and oxygen atoms in total. The molecule has 0 atom stereocenters. The second-order valence-electron chi connectivity index (χ2n) is 7.56. The van der Waals surface area contributed by atoms with Gasteiger partial charge in [0, 0.05) is 26.2 Å². The normalized spacial score (nSPS) is 13.9. The van der Waals surface area contributed by atoms with E-state index >= 15 is 0 Å². The number of ether oxygens (including phenoxy) is 3. The molecule has 2 aromatic carbocycles. The fourth-order valence-corrected chi connectivity index (χ4v) is 3.62. The first kappa shape index (κ1) is 23.4. The van der Waals surface area contributed by atoms with E-state index in [2.05, 4.69) is 6.92 Å². The Bertz CT molecular complexity index is 884. The number of nitrogens with zero attached hydrogens (tertiary/aromatic N) is 2. The lowest BCUT2D eigenvalue weighted by Crippen LogP contribution is -2.40. The topological polar surface area (TPSA) is 68.3 Å². The van der Waals surface area contributed by atoms with Crippen LogP contribution in [0, 0.1) is 0 Å². The fourth-order valence-electron chi connectivity index (χ4n) is 3.62. The van der Waals surface area contributed by atoms with E-state index in [0.29, 0.717) is 38.5 Å². The smallest absolute Gasteiger partial charge is 0.260 e. The van der Waals surface area contributed by atoms with Gasteiger partial charge in [-0.05, 0) is 55.7 Å². The van der Waals surface area contributed by atoms with Crippen LogP contribution in [0.1, 0.15) is 25.8 Å². The van der Waals surface area contributed by atoms with E-state index in [-0.39, 0.29) is 25.0 Å². The molecule has 1 aliphatic heterocycles. The Morgan fingerprint density at radius 3 is 1.91 bits per heavy atom. The van der Waals surface area contributed by atoms with Crippen molar-refractivity contribution in [2.75, 3.05) is 46.0 Å². The maximum atomic E-state index is 12.6. The molecule has 0 aromatic heterocycles. The monoisotopic (exact) mass is 440 g/mol. The lowest BCUT2D eigenvalue weighted by molar-refractivity contribution is -0.135. The summed E-state index contributed by atoms with van der Waals surface area (Å²) in [5.41, 5.74) is 1.08. The predicted octanol–water partition coefficient (Wildman–Crippen LogP) is 3.17. The van der Waals surface area contributed by atoms with Crippen LogP contribution in [-0.4, -0.2) is 67.6 Å². The average Bonchev–Trinajstić information content (AvgIpc) is 3.09. The summed E-state index contributed by atoms with van der Waals surface area (Å²) >= 11 is 0. The Morgan fingerprint density at radius 1 is 0.750 bits per heavy atom. The number of rotatable bonds is 9. The molecule has 2 aromatic rings. The van der Waals surface area contributed by atoms with Crippen molar-refractivity contribution in [1.82, 2.24) is 9.80 Å². The quantitative estimate of drug-likeness (QED) is 0.599. The van der Waals surface area contributed by atoms with Crippen LogP contribution in [-0.2, 0) is 16.0 Å². The van der Waals surface area contributed by atoms with Gasteiger partial charge >= 0.3 is 0 Å². The zero-order chi connectivity index (χ0) is 22.8. The van der Waals surface area contributed by atoms with Gasteiger partial charge < -0.3 is 24.0 Å². The van der Waals surface area contributed by atoms with Crippen LogP contribution in [0.3, 0.4) is 0 Å². The molecule has 3 rings (SSSR count). The molecule has 0 bridgehead atoms. The highest BCUT2D eigenvalue weighted by Gasteiger charge is 2.22. The van der Waals surface area contributed by atoms with Crippen LogP contribution in [0.5, 0.6) is 17.2 Å². The highest BCUT2D eigenvalue weighted by molar-refractivity contribution is 5.79. The van der Waals surface area contributed by atoms with Crippen molar-refractivity contribution in [2.24, 2.45) is 0 Å². The Balaban J connectivity index is 1.44. The van der Waals surface area contributed by atoms with Gasteiger partial charge in [0.2, 0.25) is 0 Å². The number of carbonyl (C=O) groups is 2. The minimum absolute atomic E-state index is 0.00577. The van der Waals surface area contributed by atoms with Crippen molar-refractivity contribution in [3.05, 3.63) is 54.1 Å². The van der Waals surface area contributed by atoms with Crippen LogP contribution in [0.15, 0.2) is 48.5 Å². The third kappa shape index (κ3) is 6.64. The van der Waals surface area contributed by atoms with E-state index < -0.39 is 0 Å². The average molecular weight is 441 g/mol. The first-order chi connectivity index (χ1) is 15.6. The summed E-state index contributed by atoms with van der Waals surface area (Å²) in [6.45, 7) is 6.77. The second kappa shape index (κ2) is 12.0. The van der Waals surface area contributed by atoms with Gasteiger partial charge in [-0.25, -0.2) is 0 Å². The molecule has 2 amide bonds. The van der Waals surface area contributed by atoms with Gasteiger partial charge in [-0.1, -0.05) is 25.1 Å². The van der Waals surface area contributed by atoms with Gasteiger partial charge in [-0.2, -0.15) is 0 Å². The lowest BCUT2D eigenvalue weighted by atomic mass is 10.1. The van der Waals surface area contributed by atoms with Crippen molar-refractivity contribution in [3.8, 4) is 17.2 Å². The molecule has 0 radical (unpaired) electrons. The zero-order valence-electron chi connectivity index (χ0n) is 18.9. The van der Waals surface area contributed by atoms with Crippen LogP contribution in [0.25, 0.3) is 0 Å². The highest BCUT2D eigenvalue weighted by atomic mass is 16.5. The summed E-state index contributed by atoms with van der Waals surface area (Å²) in [4.78, 5) is 28.8. The summed E-state index contributed by atoms with van der Waals surface area (Å²) in [7, 11) is 0. The Labute approximate surface area is 189 Å². The molecule has 0 unspecified atom stereocenters. The van der Waals surface area contributed by atoms with Crippen molar-refractivity contribution < 1.29 is 23.8 Å². The van der Waals surface area contributed by atoms with Crippen LogP contribution >= 0.6 is 0 Å². The summed E-state index contributed by atoms with van der Waals surface area (Å²) in [6, 6.07) is 15.0. The van der Waals surface area contributed by atoms with Crippen LogP contribution < -0.4 is 14.2 Å². The zero-order valence-corrected chi connectivity index (χ0v) is 18.9. The van der Waals surface area contributed by atoms with Crippen molar-refractivity contribution in [2.45, 2.75) is 26.7 Å². The van der Waals surface area contributed by atoms with Crippen LogP contribution in [0.2, 0.25) is 0 Å². The van der Waals surface area contributed by atoms with E-state index in [9.17, 15) is 9.59 Å². The third-order valence-corrected chi connectivity index (χ3v) is 5.40. The minimum Gasteiger partial charge on any atom is -0.494 e. The molecular formula is C25H32N2O5. The van der Waals surface area contributed by atoms with E-state index in [1.807, 2.05) is 43.3 Å². The third-order valence-electron chi connectivity index (χ3n) is 5.40. The van der Waals surface area contributed by atoms with Gasteiger partial charge in [-0.3, -0.25) is 9.59 Å². The molecule has 172 valence electrons. The molecular weight excluding hydrogens is 408 g/mol. The number of benzene rings is 2. The molecule has 7 heteroatoms. The van der Waals surface area contributed by atoms with Gasteiger partial charge in [0.25, 0.3) is 11.8 Å². The van der Waals surface area contributed by atoms with E-state index in [1.165, 1.54) is 0 Å². The molecule has 0 spiro atoms. The molecule has 1 saturated heterocycles. The molecule has 1 aliphatic rings. The van der Waals surface area contributed by atoms with E-state index in [4.69, 9.17) is 14.2 Å². The van der Waals surface area contributed by atoms with Gasteiger partial charge in [0.05, 0.1) is 6.61 Å². The summed E-state index contributed by atoms with van der Waals surface area (Å²) < 4.78 is 16.8.